The number of amidine groups is 1. The van der Waals surface area contributed by atoms with E-state index in [-0.39, 0.29) is 22.3 Å². The zero-order valence-corrected chi connectivity index (χ0v) is 13.1. The van der Waals surface area contributed by atoms with Crippen molar-refractivity contribution in [3.05, 3.63) is 29.3 Å². The van der Waals surface area contributed by atoms with Crippen LogP contribution in [0, 0.1) is 17.6 Å². The number of nitrogens with zero attached hydrogens (tertiary/aromatic N) is 1. The van der Waals surface area contributed by atoms with E-state index in [1.165, 1.54) is 17.8 Å². The fourth-order valence-electron chi connectivity index (χ4n) is 3.50. The first kappa shape index (κ1) is 16.0. The molecule has 0 spiro atoms. The molecule has 5 nitrogen and oxygen atoms in total. The van der Waals surface area contributed by atoms with E-state index in [2.05, 4.69) is 10.3 Å². The molecule has 1 amide bonds. The van der Waals surface area contributed by atoms with Crippen LogP contribution in [0.5, 0.6) is 0 Å². The van der Waals surface area contributed by atoms with Gasteiger partial charge in [0.05, 0.1) is 16.8 Å². The number of carbonyl (C=O) groups is 1. The minimum Gasteiger partial charge on any atom is -0.465 e. The maximum absolute atomic E-state index is 14.6. The topological polar surface area (TPSA) is 87.7 Å². The molecule has 1 aromatic carbocycles. The number of hydrogen-bond acceptors (Lipinski definition) is 4. The van der Waals surface area contributed by atoms with Crippen LogP contribution in [0.2, 0.25) is 0 Å². The van der Waals surface area contributed by atoms with E-state index in [9.17, 15) is 13.6 Å². The Morgan fingerprint density at radius 3 is 2.96 bits per heavy atom. The highest BCUT2D eigenvalue weighted by molar-refractivity contribution is 8.13. The number of nitrogen functional groups attached to an aromatic ring is 1. The van der Waals surface area contributed by atoms with Gasteiger partial charge in [0.25, 0.3) is 0 Å². The summed E-state index contributed by atoms with van der Waals surface area (Å²) in [5.74, 6) is -0.963. The standard InChI is InChI=1S/C15H17F2N3O2S/c16-9-4-5-10(18)12(17)11(9)15-6-2-1-3-8(15)7-23-13(20-15)19-14(21)22/h4-5,8H,1-3,6-7,18H2,(H,19,20)(H,21,22)/t8-,15-/m0/s1. The fourth-order valence-corrected chi connectivity index (χ4v) is 4.68. The molecule has 0 bridgehead atoms. The molecule has 2 atom stereocenters. The molecular formula is C15H17F2N3O2S. The molecule has 1 aliphatic heterocycles. The molecule has 8 heteroatoms. The van der Waals surface area contributed by atoms with Gasteiger partial charge in [-0.1, -0.05) is 24.6 Å². The van der Waals surface area contributed by atoms with Crippen molar-refractivity contribution in [2.24, 2.45) is 10.9 Å². The number of amides is 1. The van der Waals surface area contributed by atoms with E-state index in [4.69, 9.17) is 10.8 Å². The molecular weight excluding hydrogens is 324 g/mol. The maximum atomic E-state index is 14.6. The quantitative estimate of drug-likeness (QED) is 0.684. The molecule has 1 saturated carbocycles. The van der Waals surface area contributed by atoms with Crippen LogP contribution in [-0.4, -0.2) is 22.1 Å². The Balaban J connectivity index is 2.17. The molecule has 4 N–H and O–H groups in total. The largest absolute Gasteiger partial charge is 0.465 e. The third-order valence-electron chi connectivity index (χ3n) is 4.53. The third-order valence-corrected chi connectivity index (χ3v) is 5.56. The Labute approximate surface area is 136 Å². The molecule has 0 aromatic heterocycles. The van der Waals surface area contributed by atoms with Gasteiger partial charge in [0.2, 0.25) is 0 Å². The van der Waals surface area contributed by atoms with Gasteiger partial charge in [-0.15, -0.1) is 0 Å². The minimum atomic E-state index is -1.24. The van der Waals surface area contributed by atoms with Gasteiger partial charge >= 0.3 is 6.09 Å². The van der Waals surface area contributed by atoms with E-state index >= 15 is 0 Å². The first-order valence-corrected chi connectivity index (χ1v) is 8.39. The molecule has 1 fully saturated rings. The Morgan fingerprint density at radius 1 is 1.43 bits per heavy atom. The van der Waals surface area contributed by atoms with Gasteiger partial charge in [0, 0.05) is 5.75 Å². The second-order valence-electron chi connectivity index (χ2n) is 5.85. The molecule has 1 heterocycles. The van der Waals surface area contributed by atoms with Crippen LogP contribution in [0.25, 0.3) is 0 Å². The number of anilines is 1. The molecule has 3 rings (SSSR count). The van der Waals surface area contributed by atoms with Crippen LogP contribution in [-0.2, 0) is 5.54 Å². The molecule has 0 saturated heterocycles. The normalized spacial score (nSPS) is 27.0. The zero-order valence-electron chi connectivity index (χ0n) is 12.3. The van der Waals surface area contributed by atoms with Gasteiger partial charge < -0.3 is 10.8 Å². The number of aliphatic imine (C=N–C) groups is 1. The van der Waals surface area contributed by atoms with Crippen LogP contribution in [0.1, 0.15) is 31.2 Å². The van der Waals surface area contributed by atoms with Crippen LogP contribution in [0.15, 0.2) is 17.1 Å². The first-order chi connectivity index (χ1) is 10.9. The van der Waals surface area contributed by atoms with Crippen molar-refractivity contribution >= 4 is 28.7 Å². The summed E-state index contributed by atoms with van der Waals surface area (Å²) in [6.07, 6.45) is 1.77. The molecule has 2 aliphatic rings. The minimum absolute atomic E-state index is 0.0496. The summed E-state index contributed by atoms with van der Waals surface area (Å²) in [5.41, 5.74) is 4.28. The van der Waals surface area contributed by atoms with E-state index in [1.807, 2.05) is 0 Å². The summed E-state index contributed by atoms with van der Waals surface area (Å²) in [7, 11) is 0. The highest BCUT2D eigenvalue weighted by atomic mass is 32.2. The molecule has 1 aliphatic carbocycles. The summed E-state index contributed by atoms with van der Waals surface area (Å²) in [5, 5.41) is 11.3. The van der Waals surface area contributed by atoms with Gasteiger partial charge in [-0.2, -0.15) is 0 Å². The second-order valence-corrected chi connectivity index (χ2v) is 6.86. The van der Waals surface area contributed by atoms with Crippen molar-refractivity contribution in [2.45, 2.75) is 31.2 Å². The zero-order chi connectivity index (χ0) is 16.6. The predicted octanol–water partition coefficient (Wildman–Crippen LogP) is 3.30. The van der Waals surface area contributed by atoms with Crippen molar-refractivity contribution in [1.29, 1.82) is 0 Å². The van der Waals surface area contributed by atoms with E-state index < -0.39 is 23.3 Å². The lowest BCUT2D eigenvalue weighted by Gasteiger charge is -2.44. The van der Waals surface area contributed by atoms with Crippen LogP contribution < -0.4 is 11.1 Å². The maximum Gasteiger partial charge on any atom is 0.410 e. The number of nitrogens with one attached hydrogen (secondary N) is 1. The number of nitrogens with two attached hydrogens (primary N) is 1. The monoisotopic (exact) mass is 341 g/mol. The molecule has 23 heavy (non-hydrogen) atoms. The first-order valence-electron chi connectivity index (χ1n) is 7.40. The predicted molar refractivity (Wildman–Crippen MR) is 85.5 cm³/mol. The molecule has 124 valence electrons. The lowest BCUT2D eigenvalue weighted by Crippen LogP contribution is -2.45. The Morgan fingerprint density at radius 2 is 2.22 bits per heavy atom. The summed E-state index contributed by atoms with van der Waals surface area (Å²) in [6, 6.07) is 2.34. The number of halogens is 2. The van der Waals surface area contributed by atoms with Crippen molar-refractivity contribution in [3.8, 4) is 0 Å². The fraction of sp³-hybridized carbons (Fsp3) is 0.467. The van der Waals surface area contributed by atoms with Gasteiger partial charge in [0.1, 0.15) is 5.82 Å². The van der Waals surface area contributed by atoms with Crippen LogP contribution in [0.3, 0.4) is 0 Å². The Bertz CT molecular complexity index is 683. The highest BCUT2D eigenvalue weighted by Crippen LogP contribution is 2.51. The van der Waals surface area contributed by atoms with E-state index in [0.29, 0.717) is 12.2 Å². The van der Waals surface area contributed by atoms with E-state index in [0.717, 1.165) is 25.3 Å². The number of hydrogen-bond donors (Lipinski definition) is 3. The third kappa shape index (κ3) is 2.75. The lowest BCUT2D eigenvalue weighted by atomic mass is 9.69. The SMILES string of the molecule is Nc1ccc(F)c([C@]23CCCC[C@H]2CSC(NC(=O)O)=N3)c1F. The summed E-state index contributed by atoms with van der Waals surface area (Å²) in [6.45, 7) is 0. The van der Waals surface area contributed by atoms with Crippen molar-refractivity contribution in [2.75, 3.05) is 11.5 Å². The molecule has 0 radical (unpaired) electrons. The highest BCUT2D eigenvalue weighted by Gasteiger charge is 2.48. The van der Waals surface area contributed by atoms with Crippen molar-refractivity contribution in [1.82, 2.24) is 5.32 Å². The number of benzene rings is 1. The van der Waals surface area contributed by atoms with Crippen LogP contribution in [0.4, 0.5) is 19.3 Å². The lowest BCUT2D eigenvalue weighted by molar-refractivity contribution is 0.194. The number of carboxylic acid groups (broad SMARTS) is 1. The average Bonchev–Trinajstić information content (AvgIpc) is 2.50. The Hall–Kier alpha value is -1.83. The van der Waals surface area contributed by atoms with Gasteiger partial charge in [-0.25, -0.2) is 13.6 Å². The molecule has 1 aromatic rings. The van der Waals surface area contributed by atoms with Gasteiger partial charge in [0.15, 0.2) is 11.0 Å². The second kappa shape index (κ2) is 5.99. The number of rotatable bonds is 1. The van der Waals surface area contributed by atoms with Crippen LogP contribution >= 0.6 is 11.8 Å². The smallest absolute Gasteiger partial charge is 0.410 e. The summed E-state index contributed by atoms with van der Waals surface area (Å²) < 4.78 is 29.1. The average molecular weight is 341 g/mol. The number of thioether (sulfide) groups is 1. The van der Waals surface area contributed by atoms with Gasteiger partial charge in [-0.05, 0) is 30.9 Å². The Kier molecular flexibility index (Phi) is 4.18. The van der Waals surface area contributed by atoms with Crippen molar-refractivity contribution in [3.63, 3.8) is 0 Å². The molecule has 0 unspecified atom stereocenters. The summed E-state index contributed by atoms with van der Waals surface area (Å²) in [4.78, 5) is 15.3. The van der Waals surface area contributed by atoms with E-state index in [1.54, 1.807) is 0 Å². The summed E-state index contributed by atoms with van der Waals surface area (Å²) >= 11 is 1.27. The van der Waals surface area contributed by atoms with Gasteiger partial charge in [-0.3, -0.25) is 10.3 Å². The number of fused-ring (bicyclic) bond motifs is 1. The van der Waals surface area contributed by atoms with Crippen molar-refractivity contribution < 1.29 is 18.7 Å².